The van der Waals surface area contributed by atoms with Crippen molar-refractivity contribution in [2.45, 2.75) is 13.0 Å². The number of cyclic esters (lactones) is 1. The Hall–Kier alpha value is -0.830. The third-order valence-electron chi connectivity index (χ3n) is 1.28. The monoisotopic (exact) mass is 128 g/mol. The average molecular weight is 128 g/mol. The van der Waals surface area contributed by atoms with Gasteiger partial charge in [0.1, 0.15) is 6.10 Å². The van der Waals surface area contributed by atoms with Gasteiger partial charge in [0, 0.05) is 6.08 Å². The first-order valence-electron chi connectivity index (χ1n) is 2.73. The highest BCUT2D eigenvalue weighted by molar-refractivity contribution is 5.85. The summed E-state index contributed by atoms with van der Waals surface area (Å²) in [5.74, 6) is -0.355. The van der Waals surface area contributed by atoms with E-state index in [-0.39, 0.29) is 12.6 Å². The third-order valence-corrected chi connectivity index (χ3v) is 1.28. The molecular formula is C6H8O3. The number of hydrogen-bond donors (Lipinski definition) is 1. The van der Waals surface area contributed by atoms with Crippen LogP contribution >= 0.6 is 0 Å². The largest absolute Gasteiger partial charge is 0.452 e. The molecule has 1 heterocycles. The summed E-state index contributed by atoms with van der Waals surface area (Å²) in [5.41, 5.74) is 0.794. The molecule has 3 nitrogen and oxygen atoms in total. The van der Waals surface area contributed by atoms with Crippen LogP contribution in [0.15, 0.2) is 11.6 Å². The van der Waals surface area contributed by atoms with Crippen molar-refractivity contribution in [2.75, 3.05) is 6.61 Å². The van der Waals surface area contributed by atoms with E-state index in [9.17, 15) is 4.79 Å². The van der Waals surface area contributed by atoms with Gasteiger partial charge in [0.15, 0.2) is 0 Å². The lowest BCUT2D eigenvalue weighted by Crippen LogP contribution is -2.14. The summed E-state index contributed by atoms with van der Waals surface area (Å²) in [6.45, 7) is 1.64. The van der Waals surface area contributed by atoms with Gasteiger partial charge >= 0.3 is 5.97 Å². The fourth-order valence-corrected chi connectivity index (χ4v) is 0.727. The standard InChI is InChI=1S/C6H8O3/c1-4-2-6(8)9-5(4)3-7/h2,5,7H,3H2,1H3/t5-/m1/s1. The predicted octanol–water partition coefficient (Wildman–Crippen LogP) is -0.150. The number of esters is 1. The van der Waals surface area contributed by atoms with Crippen LogP contribution in [0, 0.1) is 0 Å². The molecule has 1 rings (SSSR count). The Kier molecular flexibility index (Phi) is 1.53. The van der Waals surface area contributed by atoms with Gasteiger partial charge in [0.25, 0.3) is 0 Å². The van der Waals surface area contributed by atoms with Crippen LogP contribution < -0.4 is 0 Å². The van der Waals surface area contributed by atoms with Crippen molar-refractivity contribution in [3.63, 3.8) is 0 Å². The van der Waals surface area contributed by atoms with E-state index in [1.165, 1.54) is 6.08 Å². The molecule has 0 bridgehead atoms. The molecule has 0 saturated heterocycles. The lowest BCUT2D eigenvalue weighted by molar-refractivity contribution is -0.140. The molecule has 1 aliphatic heterocycles. The number of aliphatic hydroxyl groups excluding tert-OH is 1. The van der Waals surface area contributed by atoms with E-state index in [4.69, 9.17) is 5.11 Å². The summed E-state index contributed by atoms with van der Waals surface area (Å²) in [5, 5.41) is 8.54. The van der Waals surface area contributed by atoms with Crippen molar-refractivity contribution in [1.29, 1.82) is 0 Å². The number of rotatable bonds is 1. The zero-order valence-corrected chi connectivity index (χ0v) is 5.13. The molecule has 0 radical (unpaired) electrons. The Morgan fingerprint density at radius 3 is 2.78 bits per heavy atom. The van der Waals surface area contributed by atoms with Crippen LogP contribution in [-0.4, -0.2) is 23.8 Å². The van der Waals surface area contributed by atoms with E-state index in [1.54, 1.807) is 6.92 Å². The van der Waals surface area contributed by atoms with Gasteiger partial charge in [-0.3, -0.25) is 0 Å². The Morgan fingerprint density at radius 2 is 2.56 bits per heavy atom. The van der Waals surface area contributed by atoms with Crippen LogP contribution in [0.1, 0.15) is 6.92 Å². The minimum Gasteiger partial charge on any atom is -0.452 e. The molecule has 0 spiro atoms. The van der Waals surface area contributed by atoms with E-state index < -0.39 is 6.10 Å². The molecule has 0 aromatic carbocycles. The quantitative estimate of drug-likeness (QED) is 0.499. The van der Waals surface area contributed by atoms with E-state index >= 15 is 0 Å². The molecular weight excluding hydrogens is 120 g/mol. The molecule has 50 valence electrons. The third kappa shape index (κ3) is 1.10. The summed E-state index contributed by atoms with van der Waals surface area (Å²) >= 11 is 0. The summed E-state index contributed by atoms with van der Waals surface area (Å²) in [6, 6.07) is 0. The molecule has 0 unspecified atom stereocenters. The lowest BCUT2D eigenvalue weighted by Gasteiger charge is -2.05. The maximum Gasteiger partial charge on any atom is 0.331 e. The average Bonchev–Trinajstić information content (AvgIpc) is 2.10. The molecule has 1 atom stereocenters. The van der Waals surface area contributed by atoms with Crippen LogP contribution in [0.2, 0.25) is 0 Å². The van der Waals surface area contributed by atoms with Crippen molar-refractivity contribution in [2.24, 2.45) is 0 Å². The zero-order valence-electron chi connectivity index (χ0n) is 5.13. The highest BCUT2D eigenvalue weighted by Crippen LogP contribution is 2.12. The van der Waals surface area contributed by atoms with Crippen molar-refractivity contribution >= 4 is 5.97 Å². The zero-order chi connectivity index (χ0) is 6.85. The number of hydrogen-bond acceptors (Lipinski definition) is 3. The Balaban J connectivity index is 2.64. The topological polar surface area (TPSA) is 46.5 Å². The van der Waals surface area contributed by atoms with Crippen molar-refractivity contribution < 1.29 is 14.6 Å². The van der Waals surface area contributed by atoms with Gasteiger partial charge in [-0.15, -0.1) is 0 Å². The molecule has 1 aliphatic rings. The second kappa shape index (κ2) is 2.19. The summed E-state index contributed by atoms with van der Waals surface area (Å²) in [4.78, 5) is 10.4. The number of aliphatic hydroxyl groups is 1. The van der Waals surface area contributed by atoms with Gasteiger partial charge in [-0.2, -0.15) is 0 Å². The number of carbonyl (C=O) groups excluding carboxylic acids is 1. The van der Waals surface area contributed by atoms with E-state index in [1.807, 2.05) is 0 Å². The normalized spacial score (nSPS) is 25.8. The molecule has 0 saturated carbocycles. The molecule has 3 heteroatoms. The van der Waals surface area contributed by atoms with Crippen LogP contribution in [0.25, 0.3) is 0 Å². The molecule has 0 aliphatic carbocycles. The van der Waals surface area contributed by atoms with Crippen LogP contribution in [0.4, 0.5) is 0 Å². The van der Waals surface area contributed by atoms with Crippen LogP contribution in [0.3, 0.4) is 0 Å². The van der Waals surface area contributed by atoms with Crippen LogP contribution in [0.5, 0.6) is 0 Å². The molecule has 0 aromatic heterocycles. The van der Waals surface area contributed by atoms with Crippen molar-refractivity contribution in [3.05, 3.63) is 11.6 Å². The fraction of sp³-hybridized carbons (Fsp3) is 0.500. The highest BCUT2D eigenvalue weighted by Gasteiger charge is 2.20. The van der Waals surface area contributed by atoms with E-state index in [0.29, 0.717) is 0 Å². The van der Waals surface area contributed by atoms with Crippen LogP contribution in [-0.2, 0) is 9.53 Å². The molecule has 0 fully saturated rings. The van der Waals surface area contributed by atoms with E-state index in [2.05, 4.69) is 4.74 Å². The maximum atomic E-state index is 10.4. The number of ether oxygens (including phenoxy) is 1. The molecule has 0 amide bonds. The smallest absolute Gasteiger partial charge is 0.331 e. The minimum absolute atomic E-state index is 0.117. The maximum absolute atomic E-state index is 10.4. The summed E-state index contributed by atoms with van der Waals surface area (Å²) < 4.78 is 4.64. The summed E-state index contributed by atoms with van der Waals surface area (Å²) in [7, 11) is 0. The second-order valence-corrected chi connectivity index (χ2v) is 2.00. The van der Waals surface area contributed by atoms with Gasteiger partial charge in [0.2, 0.25) is 0 Å². The van der Waals surface area contributed by atoms with Crippen molar-refractivity contribution in [1.82, 2.24) is 0 Å². The number of carbonyl (C=O) groups is 1. The first kappa shape index (κ1) is 6.29. The second-order valence-electron chi connectivity index (χ2n) is 2.00. The highest BCUT2D eigenvalue weighted by atomic mass is 16.6. The Labute approximate surface area is 52.9 Å². The lowest BCUT2D eigenvalue weighted by atomic mass is 10.2. The van der Waals surface area contributed by atoms with Gasteiger partial charge in [-0.1, -0.05) is 0 Å². The minimum atomic E-state index is -0.391. The van der Waals surface area contributed by atoms with Gasteiger partial charge in [0.05, 0.1) is 6.61 Å². The molecule has 9 heavy (non-hydrogen) atoms. The van der Waals surface area contributed by atoms with Gasteiger partial charge < -0.3 is 9.84 Å². The Bertz CT molecular complexity index is 160. The summed E-state index contributed by atoms with van der Waals surface area (Å²) in [6.07, 6.45) is 0.999. The van der Waals surface area contributed by atoms with Gasteiger partial charge in [-0.25, -0.2) is 4.79 Å². The predicted molar refractivity (Wildman–Crippen MR) is 30.7 cm³/mol. The Morgan fingerprint density at radius 1 is 1.89 bits per heavy atom. The van der Waals surface area contributed by atoms with Gasteiger partial charge in [-0.05, 0) is 12.5 Å². The molecule has 1 N–H and O–H groups in total. The SMILES string of the molecule is CC1=CC(=O)O[C@@H]1CO. The fourth-order valence-electron chi connectivity index (χ4n) is 0.727. The van der Waals surface area contributed by atoms with Crippen molar-refractivity contribution in [3.8, 4) is 0 Å². The first-order chi connectivity index (χ1) is 4.24. The molecule has 0 aromatic rings. The first-order valence-corrected chi connectivity index (χ1v) is 2.73. The van der Waals surface area contributed by atoms with E-state index in [0.717, 1.165) is 5.57 Å².